The Hall–Kier alpha value is -2.61. The standard InChI is InChI=1S/C19H18F3N3OS/c1-12-11-16(13(2)25(12)18-24-9-10-27-18)17(26)23-8-7-14-3-5-15(6-4-14)19(20,21)22/h3-6,9-11H,7-8H2,1-2H3,(H,23,26). The number of carbonyl (C=O) groups is 1. The number of benzene rings is 1. The fraction of sp³-hybridized carbons (Fsp3) is 0.263. The van der Waals surface area contributed by atoms with Crippen molar-refractivity contribution >= 4 is 17.2 Å². The third kappa shape index (κ3) is 4.21. The van der Waals surface area contributed by atoms with Gasteiger partial charge in [-0.2, -0.15) is 13.2 Å². The number of carbonyl (C=O) groups excluding carboxylic acids is 1. The second-order valence-electron chi connectivity index (χ2n) is 6.14. The molecule has 0 radical (unpaired) electrons. The highest BCUT2D eigenvalue weighted by Crippen LogP contribution is 2.29. The van der Waals surface area contributed by atoms with Crippen molar-refractivity contribution in [1.82, 2.24) is 14.9 Å². The maximum Gasteiger partial charge on any atom is 0.416 e. The molecule has 0 aliphatic rings. The quantitative estimate of drug-likeness (QED) is 0.692. The molecular formula is C19H18F3N3OS. The third-order valence-electron chi connectivity index (χ3n) is 4.27. The zero-order valence-electron chi connectivity index (χ0n) is 14.8. The molecule has 2 heterocycles. The molecule has 0 bridgehead atoms. The van der Waals surface area contributed by atoms with Crippen molar-refractivity contribution < 1.29 is 18.0 Å². The van der Waals surface area contributed by atoms with Gasteiger partial charge in [-0.3, -0.25) is 9.36 Å². The third-order valence-corrected chi connectivity index (χ3v) is 5.02. The summed E-state index contributed by atoms with van der Waals surface area (Å²) in [5, 5.41) is 5.50. The van der Waals surface area contributed by atoms with E-state index in [0.717, 1.165) is 34.2 Å². The van der Waals surface area contributed by atoms with Gasteiger partial charge >= 0.3 is 6.18 Å². The number of amides is 1. The molecule has 0 fully saturated rings. The summed E-state index contributed by atoms with van der Waals surface area (Å²) in [5.41, 5.74) is 2.33. The Labute approximate surface area is 158 Å². The van der Waals surface area contributed by atoms with Crippen LogP contribution < -0.4 is 5.32 Å². The molecule has 0 aliphatic carbocycles. The van der Waals surface area contributed by atoms with Gasteiger partial charge in [-0.05, 0) is 44.0 Å². The Balaban J connectivity index is 1.63. The van der Waals surface area contributed by atoms with E-state index in [-0.39, 0.29) is 5.91 Å². The minimum Gasteiger partial charge on any atom is -0.352 e. The van der Waals surface area contributed by atoms with Gasteiger partial charge in [0.05, 0.1) is 11.1 Å². The minimum absolute atomic E-state index is 0.210. The lowest BCUT2D eigenvalue weighted by Crippen LogP contribution is -2.26. The minimum atomic E-state index is -4.34. The number of alkyl halides is 3. The van der Waals surface area contributed by atoms with Gasteiger partial charge in [0, 0.05) is 29.5 Å². The summed E-state index contributed by atoms with van der Waals surface area (Å²) < 4.78 is 39.7. The monoisotopic (exact) mass is 393 g/mol. The molecule has 1 N–H and O–H groups in total. The van der Waals surface area contributed by atoms with E-state index in [1.54, 1.807) is 6.20 Å². The lowest BCUT2D eigenvalue weighted by atomic mass is 10.1. The molecule has 3 aromatic rings. The van der Waals surface area contributed by atoms with Gasteiger partial charge in [0.2, 0.25) is 0 Å². The highest BCUT2D eigenvalue weighted by atomic mass is 32.1. The normalized spacial score (nSPS) is 11.6. The summed E-state index contributed by atoms with van der Waals surface area (Å²) in [6.45, 7) is 4.11. The van der Waals surface area contributed by atoms with E-state index in [1.165, 1.54) is 23.5 Å². The van der Waals surface area contributed by atoms with Crippen LogP contribution >= 0.6 is 11.3 Å². The molecule has 0 atom stereocenters. The molecule has 2 aromatic heterocycles. The molecule has 142 valence electrons. The van der Waals surface area contributed by atoms with E-state index in [4.69, 9.17) is 0 Å². The van der Waals surface area contributed by atoms with Crippen molar-refractivity contribution in [1.29, 1.82) is 0 Å². The molecule has 0 spiro atoms. The Morgan fingerprint density at radius 1 is 1.22 bits per heavy atom. The number of nitrogens with zero attached hydrogens (tertiary/aromatic N) is 2. The molecule has 8 heteroatoms. The van der Waals surface area contributed by atoms with E-state index < -0.39 is 11.7 Å². The maximum absolute atomic E-state index is 12.6. The molecule has 1 amide bonds. The Bertz CT molecular complexity index is 929. The van der Waals surface area contributed by atoms with Gasteiger partial charge in [0.25, 0.3) is 5.91 Å². The van der Waals surface area contributed by atoms with Crippen molar-refractivity contribution in [2.24, 2.45) is 0 Å². The van der Waals surface area contributed by atoms with Crippen LogP contribution in [0.25, 0.3) is 5.13 Å². The molecule has 0 aliphatic heterocycles. The summed E-state index contributed by atoms with van der Waals surface area (Å²) in [4.78, 5) is 16.8. The van der Waals surface area contributed by atoms with Crippen LogP contribution in [-0.4, -0.2) is 22.0 Å². The number of thiazole rings is 1. The summed E-state index contributed by atoms with van der Waals surface area (Å²) in [6, 6.07) is 6.79. The predicted molar refractivity (Wildman–Crippen MR) is 98.4 cm³/mol. The fourth-order valence-corrected chi connectivity index (χ4v) is 3.64. The first kappa shape index (κ1) is 19.2. The second-order valence-corrected chi connectivity index (χ2v) is 7.01. The number of nitrogens with one attached hydrogen (secondary N) is 1. The number of aromatic nitrogens is 2. The van der Waals surface area contributed by atoms with Crippen molar-refractivity contribution in [3.05, 3.63) is 70.0 Å². The molecule has 3 rings (SSSR count). The highest BCUT2D eigenvalue weighted by molar-refractivity contribution is 7.12. The number of hydrogen-bond acceptors (Lipinski definition) is 3. The van der Waals surface area contributed by atoms with Crippen LogP contribution in [0.4, 0.5) is 13.2 Å². The lowest BCUT2D eigenvalue weighted by molar-refractivity contribution is -0.137. The number of hydrogen-bond donors (Lipinski definition) is 1. The Kier molecular flexibility index (Phi) is 5.36. The average molecular weight is 393 g/mol. The first-order chi connectivity index (χ1) is 12.8. The first-order valence-electron chi connectivity index (χ1n) is 8.30. The van der Waals surface area contributed by atoms with E-state index in [9.17, 15) is 18.0 Å². The largest absolute Gasteiger partial charge is 0.416 e. The summed E-state index contributed by atoms with van der Waals surface area (Å²) >= 11 is 1.49. The molecule has 27 heavy (non-hydrogen) atoms. The van der Waals surface area contributed by atoms with E-state index in [1.807, 2.05) is 29.9 Å². The molecule has 0 unspecified atom stereocenters. The molecule has 0 saturated heterocycles. The number of halogens is 3. The Morgan fingerprint density at radius 3 is 2.52 bits per heavy atom. The predicted octanol–water partition coefficient (Wildman–Crippen LogP) is 4.54. The molecular weight excluding hydrogens is 375 g/mol. The second kappa shape index (κ2) is 7.56. The van der Waals surface area contributed by atoms with Gasteiger partial charge < -0.3 is 5.32 Å². The van der Waals surface area contributed by atoms with Crippen LogP contribution in [0, 0.1) is 13.8 Å². The van der Waals surface area contributed by atoms with Gasteiger partial charge in [0.1, 0.15) is 0 Å². The van der Waals surface area contributed by atoms with Gasteiger partial charge in [-0.1, -0.05) is 12.1 Å². The van der Waals surface area contributed by atoms with Gasteiger partial charge in [-0.25, -0.2) is 4.98 Å². The lowest BCUT2D eigenvalue weighted by Gasteiger charge is -2.09. The van der Waals surface area contributed by atoms with Crippen LogP contribution in [0.15, 0.2) is 41.9 Å². The van der Waals surface area contributed by atoms with Gasteiger partial charge in [0.15, 0.2) is 5.13 Å². The zero-order chi connectivity index (χ0) is 19.6. The topological polar surface area (TPSA) is 46.9 Å². The average Bonchev–Trinajstić information content (AvgIpc) is 3.22. The van der Waals surface area contributed by atoms with Crippen molar-refractivity contribution in [3.63, 3.8) is 0 Å². The summed E-state index contributed by atoms with van der Waals surface area (Å²) in [6.07, 6.45) is -2.18. The summed E-state index contributed by atoms with van der Waals surface area (Å²) in [5.74, 6) is -0.210. The zero-order valence-corrected chi connectivity index (χ0v) is 15.6. The van der Waals surface area contributed by atoms with Crippen molar-refractivity contribution in [3.8, 4) is 5.13 Å². The van der Waals surface area contributed by atoms with Gasteiger partial charge in [-0.15, -0.1) is 11.3 Å². The highest BCUT2D eigenvalue weighted by Gasteiger charge is 2.29. The smallest absolute Gasteiger partial charge is 0.352 e. The van der Waals surface area contributed by atoms with Crippen LogP contribution in [-0.2, 0) is 12.6 Å². The van der Waals surface area contributed by atoms with Crippen LogP contribution in [0.3, 0.4) is 0 Å². The van der Waals surface area contributed by atoms with Crippen LogP contribution in [0.5, 0.6) is 0 Å². The van der Waals surface area contributed by atoms with Crippen molar-refractivity contribution in [2.75, 3.05) is 6.54 Å². The van der Waals surface area contributed by atoms with Crippen LogP contribution in [0.2, 0.25) is 0 Å². The van der Waals surface area contributed by atoms with E-state index in [2.05, 4.69) is 10.3 Å². The summed E-state index contributed by atoms with van der Waals surface area (Å²) in [7, 11) is 0. The first-order valence-corrected chi connectivity index (χ1v) is 9.18. The Morgan fingerprint density at radius 2 is 1.93 bits per heavy atom. The molecule has 0 saturated carbocycles. The molecule has 1 aromatic carbocycles. The van der Waals surface area contributed by atoms with Crippen molar-refractivity contribution in [2.45, 2.75) is 26.4 Å². The van der Waals surface area contributed by atoms with E-state index in [0.29, 0.717) is 18.5 Å². The number of aryl methyl sites for hydroxylation is 1. The van der Waals surface area contributed by atoms with E-state index >= 15 is 0 Å². The maximum atomic E-state index is 12.6. The fourth-order valence-electron chi connectivity index (χ4n) is 2.89. The number of rotatable bonds is 5. The molecule has 4 nitrogen and oxygen atoms in total. The SMILES string of the molecule is Cc1cc(C(=O)NCCc2ccc(C(F)(F)F)cc2)c(C)n1-c1nccs1. The van der Waals surface area contributed by atoms with Crippen LogP contribution in [0.1, 0.15) is 32.9 Å².